The van der Waals surface area contributed by atoms with Crippen LogP contribution in [0.2, 0.25) is 5.02 Å². The molecule has 0 aliphatic rings. The lowest BCUT2D eigenvalue weighted by Crippen LogP contribution is -2.45. The number of nitrogens with one attached hydrogen (secondary N) is 1. The first kappa shape index (κ1) is 19.3. The van der Waals surface area contributed by atoms with Crippen molar-refractivity contribution in [3.05, 3.63) is 59.1 Å². The number of carbonyl (C=O) groups is 1. The van der Waals surface area contributed by atoms with Crippen LogP contribution in [0.1, 0.15) is 19.4 Å². The van der Waals surface area contributed by atoms with Gasteiger partial charge in [0.2, 0.25) is 15.9 Å². The summed E-state index contributed by atoms with van der Waals surface area (Å²) in [6.07, 6.45) is 1.84. The van der Waals surface area contributed by atoms with Gasteiger partial charge in [0.05, 0.1) is 11.9 Å². The predicted octanol–water partition coefficient (Wildman–Crippen LogP) is 3.70. The number of carbonyl (C=O) groups excluding carboxylic acids is 1. The molecule has 0 bridgehead atoms. The summed E-state index contributed by atoms with van der Waals surface area (Å²) in [5.41, 5.74) is 2.06. The van der Waals surface area contributed by atoms with Gasteiger partial charge in [0.25, 0.3) is 0 Å². The molecule has 0 spiro atoms. The van der Waals surface area contributed by atoms with Crippen LogP contribution in [0.4, 0.5) is 11.4 Å². The van der Waals surface area contributed by atoms with Crippen molar-refractivity contribution in [2.75, 3.05) is 15.9 Å². The smallest absolute Gasteiger partial charge is 0.248 e. The molecule has 0 saturated carbocycles. The van der Waals surface area contributed by atoms with Crippen LogP contribution in [0.25, 0.3) is 0 Å². The third-order valence-electron chi connectivity index (χ3n) is 3.83. The molecule has 0 fully saturated rings. The Morgan fingerprint density at radius 3 is 2.32 bits per heavy atom. The summed E-state index contributed by atoms with van der Waals surface area (Å²) in [4.78, 5) is 12.7. The number of sulfonamides is 1. The molecule has 0 saturated heterocycles. The average molecular weight is 381 g/mol. The van der Waals surface area contributed by atoms with Gasteiger partial charge in [-0.15, -0.1) is 0 Å². The molecule has 0 aromatic heterocycles. The molecule has 25 heavy (non-hydrogen) atoms. The maximum absolute atomic E-state index is 12.7. The van der Waals surface area contributed by atoms with Crippen LogP contribution in [0.5, 0.6) is 0 Å². The van der Waals surface area contributed by atoms with Crippen LogP contribution in [-0.4, -0.2) is 26.6 Å². The van der Waals surface area contributed by atoms with Crippen LogP contribution >= 0.6 is 11.6 Å². The summed E-state index contributed by atoms with van der Waals surface area (Å²) < 4.78 is 25.6. The van der Waals surface area contributed by atoms with Crippen LogP contribution in [-0.2, 0) is 21.2 Å². The highest BCUT2D eigenvalue weighted by molar-refractivity contribution is 7.92. The molecule has 0 aliphatic heterocycles. The number of nitrogens with zero attached hydrogens (tertiary/aromatic N) is 1. The molecular formula is C18H21ClN2O3S. The van der Waals surface area contributed by atoms with E-state index in [1.54, 1.807) is 37.3 Å². The van der Waals surface area contributed by atoms with Gasteiger partial charge in [-0.25, -0.2) is 8.42 Å². The number of benzene rings is 2. The molecule has 5 nitrogen and oxygen atoms in total. The largest absolute Gasteiger partial charge is 0.324 e. The van der Waals surface area contributed by atoms with Crippen molar-refractivity contribution in [1.29, 1.82) is 0 Å². The van der Waals surface area contributed by atoms with Crippen LogP contribution in [0.15, 0.2) is 48.5 Å². The van der Waals surface area contributed by atoms with E-state index in [-0.39, 0.29) is 0 Å². The van der Waals surface area contributed by atoms with E-state index >= 15 is 0 Å². The van der Waals surface area contributed by atoms with E-state index in [2.05, 4.69) is 5.32 Å². The monoisotopic (exact) mass is 380 g/mol. The predicted molar refractivity (Wildman–Crippen MR) is 103 cm³/mol. The highest BCUT2D eigenvalue weighted by Crippen LogP contribution is 2.24. The van der Waals surface area contributed by atoms with E-state index in [1.165, 1.54) is 0 Å². The first-order valence-electron chi connectivity index (χ1n) is 7.87. The lowest BCUT2D eigenvalue weighted by molar-refractivity contribution is -0.116. The molecule has 0 heterocycles. The van der Waals surface area contributed by atoms with Crippen molar-refractivity contribution in [2.45, 2.75) is 26.3 Å². The molecule has 0 unspecified atom stereocenters. The van der Waals surface area contributed by atoms with E-state index in [9.17, 15) is 13.2 Å². The number of halogens is 1. The summed E-state index contributed by atoms with van der Waals surface area (Å²) in [6, 6.07) is 12.9. The minimum atomic E-state index is -3.65. The second-order valence-electron chi connectivity index (χ2n) is 5.71. The van der Waals surface area contributed by atoms with Gasteiger partial charge in [-0.3, -0.25) is 9.10 Å². The Hall–Kier alpha value is -2.05. The normalized spacial score (nSPS) is 12.5. The standard InChI is InChI=1S/C18H21ClN2O3S/c1-4-14-7-5-6-8-17(14)20-18(22)13(2)21(25(3,23)24)16-11-9-15(19)10-12-16/h5-13H,4H2,1-3H3,(H,20,22)/t13-/m0/s1. The Kier molecular flexibility index (Phi) is 6.08. The van der Waals surface area contributed by atoms with Gasteiger partial charge >= 0.3 is 0 Å². The zero-order valence-corrected chi connectivity index (χ0v) is 15.9. The number of para-hydroxylation sites is 1. The minimum Gasteiger partial charge on any atom is -0.324 e. The van der Waals surface area contributed by atoms with E-state index < -0.39 is 22.0 Å². The van der Waals surface area contributed by atoms with Gasteiger partial charge in [-0.05, 0) is 49.2 Å². The third-order valence-corrected chi connectivity index (χ3v) is 5.32. The number of rotatable bonds is 6. The molecule has 134 valence electrons. The molecule has 1 amide bonds. The van der Waals surface area contributed by atoms with Gasteiger partial charge in [-0.2, -0.15) is 0 Å². The van der Waals surface area contributed by atoms with Crippen LogP contribution in [0.3, 0.4) is 0 Å². The van der Waals surface area contributed by atoms with Gasteiger partial charge in [0.1, 0.15) is 6.04 Å². The van der Waals surface area contributed by atoms with Crippen molar-refractivity contribution >= 4 is 38.9 Å². The third kappa shape index (κ3) is 4.74. The van der Waals surface area contributed by atoms with Crippen molar-refractivity contribution in [3.8, 4) is 0 Å². The fraction of sp³-hybridized carbons (Fsp3) is 0.278. The summed E-state index contributed by atoms with van der Waals surface area (Å²) in [7, 11) is -3.65. The second-order valence-corrected chi connectivity index (χ2v) is 8.01. The van der Waals surface area contributed by atoms with Crippen molar-refractivity contribution in [1.82, 2.24) is 0 Å². The number of hydrogen-bond acceptors (Lipinski definition) is 3. The number of amides is 1. The summed E-state index contributed by atoms with van der Waals surface area (Å²) in [6.45, 7) is 3.55. The quantitative estimate of drug-likeness (QED) is 0.830. The zero-order valence-electron chi connectivity index (χ0n) is 14.4. The second kappa shape index (κ2) is 7.89. The van der Waals surface area contributed by atoms with Gasteiger partial charge < -0.3 is 5.32 Å². The molecule has 1 N–H and O–H groups in total. The Bertz CT molecular complexity index is 851. The van der Waals surface area contributed by atoms with E-state index in [1.807, 2.05) is 25.1 Å². The Morgan fingerprint density at radius 2 is 1.76 bits per heavy atom. The van der Waals surface area contributed by atoms with E-state index in [0.717, 1.165) is 22.5 Å². The topological polar surface area (TPSA) is 66.5 Å². The molecule has 7 heteroatoms. The Morgan fingerprint density at radius 1 is 1.16 bits per heavy atom. The number of hydrogen-bond donors (Lipinski definition) is 1. The first-order chi connectivity index (χ1) is 11.7. The van der Waals surface area contributed by atoms with Gasteiger partial charge in [0, 0.05) is 10.7 Å². The SMILES string of the molecule is CCc1ccccc1NC(=O)[C@H](C)N(c1ccc(Cl)cc1)S(C)(=O)=O. The molecule has 2 rings (SSSR count). The summed E-state index contributed by atoms with van der Waals surface area (Å²) in [5, 5.41) is 3.32. The molecule has 0 aliphatic carbocycles. The lowest BCUT2D eigenvalue weighted by atomic mass is 10.1. The Labute approximate surface area is 153 Å². The maximum atomic E-state index is 12.7. The lowest BCUT2D eigenvalue weighted by Gasteiger charge is -2.28. The first-order valence-corrected chi connectivity index (χ1v) is 10.1. The summed E-state index contributed by atoms with van der Waals surface area (Å²) in [5.74, 6) is -0.402. The van der Waals surface area contributed by atoms with E-state index in [0.29, 0.717) is 16.4 Å². The zero-order chi connectivity index (χ0) is 18.6. The molecule has 1 atom stereocenters. The van der Waals surface area contributed by atoms with Gasteiger partial charge in [0.15, 0.2) is 0 Å². The number of aryl methyl sites for hydroxylation is 1. The average Bonchev–Trinajstić information content (AvgIpc) is 2.56. The molecular weight excluding hydrogens is 360 g/mol. The van der Waals surface area contributed by atoms with Crippen molar-refractivity contribution in [2.24, 2.45) is 0 Å². The fourth-order valence-electron chi connectivity index (χ4n) is 2.58. The van der Waals surface area contributed by atoms with Crippen molar-refractivity contribution < 1.29 is 13.2 Å². The maximum Gasteiger partial charge on any atom is 0.248 e. The molecule has 2 aromatic carbocycles. The highest BCUT2D eigenvalue weighted by atomic mass is 35.5. The highest BCUT2D eigenvalue weighted by Gasteiger charge is 2.29. The van der Waals surface area contributed by atoms with Gasteiger partial charge in [-0.1, -0.05) is 36.7 Å². The number of anilines is 2. The van der Waals surface area contributed by atoms with E-state index in [4.69, 9.17) is 11.6 Å². The molecule has 0 radical (unpaired) electrons. The molecule has 2 aromatic rings. The van der Waals surface area contributed by atoms with Crippen LogP contribution < -0.4 is 9.62 Å². The van der Waals surface area contributed by atoms with Crippen molar-refractivity contribution in [3.63, 3.8) is 0 Å². The fourth-order valence-corrected chi connectivity index (χ4v) is 3.89. The summed E-state index contributed by atoms with van der Waals surface area (Å²) >= 11 is 5.87. The van der Waals surface area contributed by atoms with Crippen LogP contribution in [0, 0.1) is 0 Å². The Balaban J connectivity index is 2.31. The minimum absolute atomic E-state index is 0.387.